The summed E-state index contributed by atoms with van der Waals surface area (Å²) in [5.74, 6) is 0.337. The third-order valence-corrected chi connectivity index (χ3v) is 5.13. The normalized spacial score (nSPS) is 15.3. The quantitative estimate of drug-likeness (QED) is 0.729. The minimum atomic E-state index is -0.429. The SMILES string of the molecule is COc1ccc(OC)c(/C=C2\SC(=O)N(CNc3cc(F)ccc3C)C2=O)c1. The third-order valence-electron chi connectivity index (χ3n) is 4.22. The lowest BCUT2D eigenvalue weighted by Gasteiger charge is -2.16. The number of halogens is 1. The van der Waals surface area contributed by atoms with E-state index in [0.717, 1.165) is 22.2 Å². The number of methoxy groups -OCH3 is 2. The molecule has 2 aromatic carbocycles. The van der Waals surface area contributed by atoms with Gasteiger partial charge in [0.1, 0.15) is 17.3 Å². The number of rotatable bonds is 6. The van der Waals surface area contributed by atoms with Gasteiger partial charge in [-0.3, -0.25) is 14.5 Å². The summed E-state index contributed by atoms with van der Waals surface area (Å²) >= 11 is 0.840. The van der Waals surface area contributed by atoms with E-state index in [0.29, 0.717) is 22.7 Å². The Labute approximate surface area is 166 Å². The van der Waals surface area contributed by atoms with Crippen molar-refractivity contribution < 1.29 is 23.5 Å². The van der Waals surface area contributed by atoms with Gasteiger partial charge in [0.2, 0.25) is 0 Å². The van der Waals surface area contributed by atoms with E-state index in [1.54, 1.807) is 37.5 Å². The molecule has 1 heterocycles. The zero-order valence-electron chi connectivity index (χ0n) is 15.6. The first-order valence-electron chi connectivity index (χ1n) is 8.40. The number of carbonyl (C=O) groups excluding carboxylic acids is 2. The lowest BCUT2D eigenvalue weighted by Crippen LogP contribution is -2.33. The molecule has 0 unspecified atom stereocenters. The van der Waals surface area contributed by atoms with Gasteiger partial charge in [-0.25, -0.2) is 4.39 Å². The summed E-state index contributed by atoms with van der Waals surface area (Å²) in [5.41, 5.74) is 1.96. The number of amides is 2. The highest BCUT2D eigenvalue weighted by Gasteiger charge is 2.35. The van der Waals surface area contributed by atoms with Gasteiger partial charge in [-0.15, -0.1) is 0 Å². The summed E-state index contributed by atoms with van der Waals surface area (Å²) in [6.07, 6.45) is 1.60. The fraction of sp³-hybridized carbons (Fsp3) is 0.200. The molecule has 0 saturated carbocycles. The van der Waals surface area contributed by atoms with Crippen LogP contribution in [0.15, 0.2) is 41.3 Å². The predicted molar refractivity (Wildman–Crippen MR) is 107 cm³/mol. The Hall–Kier alpha value is -3.00. The smallest absolute Gasteiger partial charge is 0.295 e. The molecule has 1 N–H and O–H groups in total. The van der Waals surface area contributed by atoms with Crippen LogP contribution < -0.4 is 14.8 Å². The number of ether oxygens (including phenoxy) is 2. The van der Waals surface area contributed by atoms with E-state index in [4.69, 9.17) is 9.47 Å². The van der Waals surface area contributed by atoms with Crippen LogP contribution in [0.4, 0.5) is 14.9 Å². The molecule has 0 bridgehead atoms. The van der Waals surface area contributed by atoms with Crippen LogP contribution in [0.25, 0.3) is 6.08 Å². The van der Waals surface area contributed by atoms with Gasteiger partial charge in [-0.2, -0.15) is 0 Å². The average Bonchev–Trinajstić information content (AvgIpc) is 2.95. The van der Waals surface area contributed by atoms with Gasteiger partial charge in [0.15, 0.2) is 0 Å². The van der Waals surface area contributed by atoms with Crippen LogP contribution in [-0.2, 0) is 4.79 Å². The molecule has 1 saturated heterocycles. The largest absolute Gasteiger partial charge is 0.497 e. The number of imide groups is 1. The van der Waals surface area contributed by atoms with Crippen LogP contribution in [-0.4, -0.2) is 36.9 Å². The average molecular weight is 402 g/mol. The Morgan fingerprint density at radius 3 is 2.64 bits per heavy atom. The maximum Gasteiger partial charge on any atom is 0.295 e. The molecule has 1 aliphatic heterocycles. The minimum Gasteiger partial charge on any atom is -0.497 e. The van der Waals surface area contributed by atoms with E-state index in [-0.39, 0.29) is 11.6 Å². The van der Waals surface area contributed by atoms with Crippen molar-refractivity contribution in [2.45, 2.75) is 6.92 Å². The number of benzene rings is 2. The van der Waals surface area contributed by atoms with Crippen molar-refractivity contribution in [2.75, 3.05) is 26.2 Å². The molecule has 8 heteroatoms. The summed E-state index contributed by atoms with van der Waals surface area (Å²) in [6.45, 7) is 1.76. The second-order valence-corrected chi connectivity index (χ2v) is 7.00. The van der Waals surface area contributed by atoms with Crippen molar-refractivity contribution in [3.63, 3.8) is 0 Å². The van der Waals surface area contributed by atoms with Crippen LogP contribution >= 0.6 is 11.8 Å². The number of anilines is 1. The Bertz CT molecular complexity index is 961. The van der Waals surface area contributed by atoms with E-state index in [9.17, 15) is 14.0 Å². The summed E-state index contributed by atoms with van der Waals surface area (Å²) in [6, 6.07) is 9.49. The number of carbonyl (C=O) groups is 2. The number of hydrogen-bond donors (Lipinski definition) is 1. The van der Waals surface area contributed by atoms with Crippen LogP contribution in [0.3, 0.4) is 0 Å². The van der Waals surface area contributed by atoms with Crippen molar-refractivity contribution >= 4 is 34.7 Å². The third kappa shape index (κ3) is 4.12. The fourth-order valence-corrected chi connectivity index (χ4v) is 3.51. The number of aryl methyl sites for hydroxylation is 1. The van der Waals surface area contributed by atoms with Crippen LogP contribution in [0, 0.1) is 12.7 Å². The highest BCUT2D eigenvalue weighted by Crippen LogP contribution is 2.35. The highest BCUT2D eigenvalue weighted by atomic mass is 32.2. The second-order valence-electron chi connectivity index (χ2n) is 6.01. The molecular weight excluding hydrogens is 383 g/mol. The lowest BCUT2D eigenvalue weighted by atomic mass is 10.1. The van der Waals surface area contributed by atoms with Crippen LogP contribution in [0.1, 0.15) is 11.1 Å². The molecule has 6 nitrogen and oxygen atoms in total. The Balaban J connectivity index is 1.80. The van der Waals surface area contributed by atoms with Crippen molar-refractivity contribution in [1.29, 1.82) is 0 Å². The Morgan fingerprint density at radius 1 is 1.14 bits per heavy atom. The number of hydrogen-bond acceptors (Lipinski definition) is 6. The summed E-state index contributed by atoms with van der Waals surface area (Å²) < 4.78 is 23.9. The summed E-state index contributed by atoms with van der Waals surface area (Å²) in [7, 11) is 3.07. The molecule has 28 heavy (non-hydrogen) atoms. The first-order valence-corrected chi connectivity index (χ1v) is 9.22. The minimum absolute atomic E-state index is 0.0540. The number of nitrogens with one attached hydrogen (secondary N) is 1. The molecule has 1 fully saturated rings. The second kappa shape index (κ2) is 8.35. The number of nitrogens with zero attached hydrogens (tertiary/aromatic N) is 1. The molecule has 0 aliphatic carbocycles. The van der Waals surface area contributed by atoms with E-state index < -0.39 is 17.0 Å². The van der Waals surface area contributed by atoms with Gasteiger partial charge in [0.25, 0.3) is 11.1 Å². The standard InChI is InChI=1S/C20H19FN2O4S/c1-12-4-5-14(21)10-16(12)22-11-23-19(24)18(28-20(23)25)9-13-8-15(26-2)6-7-17(13)27-3/h4-10,22H,11H2,1-3H3/b18-9-. The van der Waals surface area contributed by atoms with Gasteiger partial charge < -0.3 is 14.8 Å². The van der Waals surface area contributed by atoms with Gasteiger partial charge >= 0.3 is 0 Å². The van der Waals surface area contributed by atoms with E-state index in [2.05, 4.69) is 5.32 Å². The zero-order chi connectivity index (χ0) is 20.3. The summed E-state index contributed by atoms with van der Waals surface area (Å²) in [5, 5.41) is 2.54. The Morgan fingerprint density at radius 2 is 1.93 bits per heavy atom. The van der Waals surface area contributed by atoms with E-state index in [1.165, 1.54) is 19.2 Å². The maximum absolute atomic E-state index is 13.4. The van der Waals surface area contributed by atoms with Gasteiger partial charge in [0, 0.05) is 11.3 Å². The first-order chi connectivity index (χ1) is 13.4. The maximum atomic E-state index is 13.4. The molecular formula is C20H19FN2O4S. The van der Waals surface area contributed by atoms with Crippen molar-refractivity contribution in [1.82, 2.24) is 4.90 Å². The van der Waals surface area contributed by atoms with Gasteiger partial charge in [-0.1, -0.05) is 6.07 Å². The molecule has 3 rings (SSSR count). The summed E-state index contributed by atoms with van der Waals surface area (Å²) in [4.78, 5) is 26.3. The van der Waals surface area contributed by atoms with Crippen molar-refractivity contribution in [3.05, 3.63) is 58.2 Å². The van der Waals surface area contributed by atoms with Gasteiger partial charge in [0.05, 0.1) is 25.8 Å². The fourth-order valence-electron chi connectivity index (χ4n) is 2.68. The molecule has 0 aromatic heterocycles. The van der Waals surface area contributed by atoms with Crippen molar-refractivity contribution in [2.24, 2.45) is 0 Å². The molecule has 0 radical (unpaired) electrons. The Kier molecular flexibility index (Phi) is 5.89. The van der Waals surface area contributed by atoms with Crippen LogP contribution in [0.5, 0.6) is 11.5 Å². The molecule has 2 amide bonds. The van der Waals surface area contributed by atoms with Gasteiger partial charge in [-0.05, 0) is 60.7 Å². The lowest BCUT2D eigenvalue weighted by molar-refractivity contribution is -0.122. The first kappa shape index (κ1) is 19.8. The van der Waals surface area contributed by atoms with Crippen LogP contribution in [0.2, 0.25) is 0 Å². The molecule has 0 atom stereocenters. The zero-order valence-corrected chi connectivity index (χ0v) is 16.4. The van der Waals surface area contributed by atoms with E-state index in [1.807, 2.05) is 6.92 Å². The number of thioether (sulfide) groups is 1. The monoisotopic (exact) mass is 402 g/mol. The highest BCUT2D eigenvalue weighted by molar-refractivity contribution is 8.18. The molecule has 0 spiro atoms. The predicted octanol–water partition coefficient (Wildman–Crippen LogP) is 4.26. The van der Waals surface area contributed by atoms with E-state index >= 15 is 0 Å². The molecule has 1 aliphatic rings. The molecule has 146 valence electrons. The molecule has 2 aromatic rings. The van der Waals surface area contributed by atoms with Crippen molar-refractivity contribution in [3.8, 4) is 11.5 Å². The topological polar surface area (TPSA) is 67.9 Å².